The summed E-state index contributed by atoms with van der Waals surface area (Å²) < 4.78 is 0. The second-order valence-electron chi connectivity index (χ2n) is 5.48. The molecule has 1 unspecified atom stereocenters. The molecule has 1 saturated carbocycles. The summed E-state index contributed by atoms with van der Waals surface area (Å²) in [6.45, 7) is 6.10. The Morgan fingerprint density at radius 3 is 2.33 bits per heavy atom. The highest BCUT2D eigenvalue weighted by atomic mass is 16.2. The Labute approximate surface area is 90.0 Å². The first-order valence-electron chi connectivity index (χ1n) is 5.50. The molecule has 2 fully saturated rings. The summed E-state index contributed by atoms with van der Waals surface area (Å²) in [7, 11) is 0. The smallest absolute Gasteiger partial charge is 0.246 e. The van der Waals surface area contributed by atoms with Crippen LogP contribution in [-0.4, -0.2) is 34.8 Å². The van der Waals surface area contributed by atoms with Crippen LogP contribution in [0.15, 0.2) is 0 Å². The van der Waals surface area contributed by atoms with E-state index in [0.29, 0.717) is 5.92 Å². The van der Waals surface area contributed by atoms with Crippen LogP contribution in [0.25, 0.3) is 0 Å². The van der Waals surface area contributed by atoms with Crippen molar-refractivity contribution >= 4 is 11.8 Å². The van der Waals surface area contributed by atoms with Crippen molar-refractivity contribution in [3.05, 3.63) is 0 Å². The van der Waals surface area contributed by atoms with Gasteiger partial charge in [0.25, 0.3) is 0 Å². The Bertz CT molecular complexity index is 302. The van der Waals surface area contributed by atoms with Crippen molar-refractivity contribution in [2.75, 3.05) is 6.54 Å². The fourth-order valence-electron chi connectivity index (χ4n) is 1.99. The van der Waals surface area contributed by atoms with Crippen LogP contribution in [0.4, 0.5) is 0 Å². The third-order valence-corrected chi connectivity index (χ3v) is 3.05. The number of carbonyl (C=O) groups is 2. The normalized spacial score (nSPS) is 27.9. The molecule has 4 nitrogen and oxygen atoms in total. The second kappa shape index (κ2) is 3.22. The van der Waals surface area contributed by atoms with Gasteiger partial charge in [-0.2, -0.15) is 0 Å². The highest BCUT2D eigenvalue weighted by molar-refractivity contribution is 5.95. The summed E-state index contributed by atoms with van der Waals surface area (Å²) >= 11 is 0. The number of nitrogens with one attached hydrogen (secondary N) is 1. The Hall–Kier alpha value is -1.06. The third-order valence-electron chi connectivity index (χ3n) is 3.05. The Balaban J connectivity index is 2.17. The number of hydrogen-bond acceptors (Lipinski definition) is 2. The topological polar surface area (TPSA) is 49.4 Å². The van der Waals surface area contributed by atoms with Gasteiger partial charge in [-0.3, -0.25) is 9.59 Å². The summed E-state index contributed by atoms with van der Waals surface area (Å²) in [6.07, 6.45) is 2.13. The maximum Gasteiger partial charge on any atom is 0.246 e. The zero-order valence-corrected chi connectivity index (χ0v) is 9.54. The van der Waals surface area contributed by atoms with Crippen LogP contribution in [-0.2, 0) is 9.59 Å². The zero-order valence-electron chi connectivity index (χ0n) is 9.54. The van der Waals surface area contributed by atoms with E-state index in [-0.39, 0.29) is 29.9 Å². The van der Waals surface area contributed by atoms with E-state index in [2.05, 4.69) is 5.32 Å². The summed E-state index contributed by atoms with van der Waals surface area (Å²) in [5, 5.41) is 2.80. The fourth-order valence-corrected chi connectivity index (χ4v) is 1.99. The molecule has 1 N–H and O–H groups in total. The highest BCUT2D eigenvalue weighted by Gasteiger charge is 2.45. The van der Waals surface area contributed by atoms with E-state index in [1.54, 1.807) is 4.90 Å². The first-order valence-corrected chi connectivity index (χ1v) is 5.50. The van der Waals surface area contributed by atoms with Gasteiger partial charge >= 0.3 is 0 Å². The molecule has 1 aliphatic carbocycles. The molecule has 2 aliphatic rings. The predicted octanol–water partition coefficient (Wildman–Crippen LogP) is 0.522. The maximum absolute atomic E-state index is 12.1. The minimum absolute atomic E-state index is 0.0265. The van der Waals surface area contributed by atoms with Crippen molar-refractivity contribution in [3.8, 4) is 0 Å². The van der Waals surface area contributed by atoms with E-state index in [9.17, 15) is 9.59 Å². The Morgan fingerprint density at radius 1 is 1.27 bits per heavy atom. The summed E-state index contributed by atoms with van der Waals surface area (Å²) in [4.78, 5) is 25.3. The largest absolute Gasteiger partial charge is 0.342 e. The molecule has 1 saturated heterocycles. The molecule has 1 aliphatic heterocycles. The second-order valence-corrected chi connectivity index (χ2v) is 5.48. The molecule has 0 radical (unpaired) electrons. The molecule has 0 aromatic rings. The monoisotopic (exact) mass is 210 g/mol. The van der Waals surface area contributed by atoms with Crippen LogP contribution in [0.3, 0.4) is 0 Å². The average Bonchev–Trinajstić information content (AvgIpc) is 2.89. The SMILES string of the molecule is CC(C)(C)N1CC(=O)NC(C2CC2)C1=O. The zero-order chi connectivity index (χ0) is 11.2. The van der Waals surface area contributed by atoms with Crippen molar-refractivity contribution in [2.24, 2.45) is 5.92 Å². The summed E-state index contributed by atoms with van der Waals surface area (Å²) in [5.41, 5.74) is -0.262. The molecule has 2 rings (SSSR count). The molecule has 0 aromatic heterocycles. The number of piperazine rings is 1. The van der Waals surface area contributed by atoms with Gasteiger partial charge in [-0.15, -0.1) is 0 Å². The van der Waals surface area contributed by atoms with Crippen molar-refractivity contribution in [1.29, 1.82) is 0 Å². The molecule has 15 heavy (non-hydrogen) atoms. The van der Waals surface area contributed by atoms with Gasteiger partial charge in [0.1, 0.15) is 12.6 Å². The molecule has 1 heterocycles. The maximum atomic E-state index is 12.1. The molecule has 1 atom stereocenters. The minimum Gasteiger partial charge on any atom is -0.342 e. The van der Waals surface area contributed by atoms with E-state index < -0.39 is 0 Å². The van der Waals surface area contributed by atoms with E-state index in [4.69, 9.17) is 0 Å². The van der Waals surface area contributed by atoms with Crippen LogP contribution in [0.2, 0.25) is 0 Å². The van der Waals surface area contributed by atoms with E-state index in [1.165, 1.54) is 0 Å². The van der Waals surface area contributed by atoms with E-state index in [0.717, 1.165) is 12.8 Å². The molecular weight excluding hydrogens is 192 g/mol. The van der Waals surface area contributed by atoms with Crippen molar-refractivity contribution < 1.29 is 9.59 Å². The Morgan fingerprint density at radius 2 is 1.87 bits per heavy atom. The van der Waals surface area contributed by atoms with Gasteiger partial charge in [0.2, 0.25) is 11.8 Å². The number of amides is 2. The van der Waals surface area contributed by atoms with E-state index in [1.807, 2.05) is 20.8 Å². The lowest BCUT2D eigenvalue weighted by Gasteiger charge is -2.41. The number of nitrogens with zero attached hydrogens (tertiary/aromatic N) is 1. The Kier molecular flexibility index (Phi) is 2.24. The fraction of sp³-hybridized carbons (Fsp3) is 0.818. The average molecular weight is 210 g/mol. The first-order chi connectivity index (χ1) is 6.89. The molecule has 2 amide bonds. The lowest BCUT2D eigenvalue weighted by atomic mass is 10.0. The standard InChI is InChI=1S/C11H18N2O2/c1-11(2,3)13-6-8(14)12-9(10(13)15)7-4-5-7/h7,9H,4-6H2,1-3H3,(H,12,14). The van der Waals surface area contributed by atoms with Gasteiger partial charge in [-0.05, 0) is 39.5 Å². The molecule has 4 heteroatoms. The summed E-state index contributed by atoms with van der Waals surface area (Å²) in [5.74, 6) is 0.442. The third kappa shape index (κ3) is 1.98. The lowest BCUT2D eigenvalue weighted by molar-refractivity contribution is -0.149. The molecule has 0 spiro atoms. The van der Waals surface area contributed by atoms with Crippen LogP contribution >= 0.6 is 0 Å². The van der Waals surface area contributed by atoms with E-state index >= 15 is 0 Å². The van der Waals surface area contributed by atoms with Crippen LogP contribution < -0.4 is 5.32 Å². The van der Waals surface area contributed by atoms with Gasteiger partial charge in [0.15, 0.2) is 0 Å². The predicted molar refractivity (Wildman–Crippen MR) is 56.1 cm³/mol. The first kappa shape index (κ1) is 10.5. The molecule has 0 bridgehead atoms. The summed E-state index contributed by atoms with van der Waals surface area (Å²) in [6, 6.07) is -0.259. The number of hydrogen-bond donors (Lipinski definition) is 1. The van der Waals surface area contributed by atoms with Crippen LogP contribution in [0.5, 0.6) is 0 Å². The van der Waals surface area contributed by atoms with Crippen molar-refractivity contribution in [3.63, 3.8) is 0 Å². The molecular formula is C11H18N2O2. The quantitative estimate of drug-likeness (QED) is 0.686. The lowest BCUT2D eigenvalue weighted by Crippen LogP contribution is -2.63. The number of rotatable bonds is 1. The van der Waals surface area contributed by atoms with Crippen molar-refractivity contribution in [2.45, 2.75) is 45.2 Å². The van der Waals surface area contributed by atoms with Gasteiger partial charge in [0.05, 0.1) is 0 Å². The van der Waals surface area contributed by atoms with Gasteiger partial charge in [0, 0.05) is 5.54 Å². The number of carbonyl (C=O) groups excluding carboxylic acids is 2. The molecule has 0 aromatic carbocycles. The van der Waals surface area contributed by atoms with Crippen molar-refractivity contribution in [1.82, 2.24) is 10.2 Å². The van der Waals surface area contributed by atoms with Gasteiger partial charge in [-0.1, -0.05) is 0 Å². The molecule has 84 valence electrons. The van der Waals surface area contributed by atoms with Crippen LogP contribution in [0.1, 0.15) is 33.6 Å². The van der Waals surface area contributed by atoms with Gasteiger partial charge < -0.3 is 10.2 Å². The van der Waals surface area contributed by atoms with Crippen LogP contribution in [0, 0.1) is 5.92 Å². The minimum atomic E-state index is -0.262. The highest BCUT2D eigenvalue weighted by Crippen LogP contribution is 2.35. The van der Waals surface area contributed by atoms with Gasteiger partial charge in [-0.25, -0.2) is 0 Å².